The molecule has 0 unspecified atom stereocenters. The predicted octanol–water partition coefficient (Wildman–Crippen LogP) is 1.59. The van der Waals surface area contributed by atoms with Crippen LogP contribution in [0.4, 0.5) is 14.6 Å². The van der Waals surface area contributed by atoms with Crippen LogP contribution in [-0.2, 0) is 4.79 Å². The van der Waals surface area contributed by atoms with Gasteiger partial charge in [0.15, 0.2) is 0 Å². The number of anilines is 1. The smallest absolute Gasteiger partial charge is 0.387 e. The second-order valence-electron chi connectivity index (χ2n) is 3.30. The Labute approximate surface area is 96.6 Å². The quantitative estimate of drug-likeness (QED) is 0.825. The van der Waals surface area contributed by atoms with Crippen molar-refractivity contribution in [3.8, 4) is 5.75 Å². The molecule has 0 aliphatic rings. The molecule has 0 fully saturated rings. The van der Waals surface area contributed by atoms with Gasteiger partial charge in [-0.1, -0.05) is 0 Å². The van der Waals surface area contributed by atoms with E-state index < -0.39 is 12.6 Å². The third kappa shape index (κ3) is 4.62. The summed E-state index contributed by atoms with van der Waals surface area (Å²) in [6.07, 6.45) is 1.15. The third-order valence-corrected chi connectivity index (χ3v) is 2.00. The van der Waals surface area contributed by atoms with E-state index in [2.05, 4.69) is 9.72 Å². The molecular formula is C10H12F2N2O3. The lowest BCUT2D eigenvalue weighted by Crippen LogP contribution is -2.21. The maximum Gasteiger partial charge on any atom is 0.387 e. The summed E-state index contributed by atoms with van der Waals surface area (Å²) < 4.78 is 27.9. The monoisotopic (exact) mass is 246 g/mol. The minimum Gasteiger partial charge on any atom is -0.481 e. The number of halogens is 2. The highest BCUT2D eigenvalue weighted by molar-refractivity contribution is 5.67. The van der Waals surface area contributed by atoms with Crippen molar-refractivity contribution in [1.82, 2.24) is 4.98 Å². The lowest BCUT2D eigenvalue weighted by atomic mass is 10.3. The van der Waals surface area contributed by atoms with E-state index in [1.54, 1.807) is 11.9 Å². The fraction of sp³-hybridized carbons (Fsp3) is 0.400. The zero-order valence-corrected chi connectivity index (χ0v) is 9.14. The zero-order chi connectivity index (χ0) is 12.8. The van der Waals surface area contributed by atoms with Gasteiger partial charge in [0, 0.05) is 13.6 Å². The third-order valence-electron chi connectivity index (χ3n) is 2.00. The SMILES string of the molecule is CN(CCC(=O)O)c1ccc(OC(F)F)cn1. The summed E-state index contributed by atoms with van der Waals surface area (Å²) in [4.78, 5) is 15.9. The molecule has 0 aromatic carbocycles. The largest absolute Gasteiger partial charge is 0.481 e. The molecule has 1 aromatic rings. The Kier molecular flexibility index (Phi) is 4.62. The number of nitrogens with zero attached hydrogens (tertiary/aromatic N) is 2. The lowest BCUT2D eigenvalue weighted by Gasteiger charge is -2.17. The zero-order valence-electron chi connectivity index (χ0n) is 9.14. The molecule has 7 heteroatoms. The van der Waals surface area contributed by atoms with Crippen molar-refractivity contribution in [2.75, 3.05) is 18.5 Å². The number of alkyl halides is 2. The van der Waals surface area contributed by atoms with Gasteiger partial charge in [0.05, 0.1) is 12.6 Å². The number of carboxylic acid groups (broad SMARTS) is 1. The maximum absolute atomic E-state index is 11.9. The van der Waals surface area contributed by atoms with E-state index in [-0.39, 0.29) is 18.7 Å². The molecule has 1 aromatic heterocycles. The molecule has 0 bridgehead atoms. The first-order valence-corrected chi connectivity index (χ1v) is 4.83. The number of hydrogen-bond donors (Lipinski definition) is 1. The van der Waals surface area contributed by atoms with Crippen LogP contribution < -0.4 is 9.64 Å². The molecule has 0 radical (unpaired) electrons. The minimum absolute atomic E-state index is 0.0204. The lowest BCUT2D eigenvalue weighted by molar-refractivity contribution is -0.136. The highest BCUT2D eigenvalue weighted by Crippen LogP contribution is 2.16. The van der Waals surface area contributed by atoms with E-state index in [4.69, 9.17) is 5.11 Å². The number of aliphatic carboxylic acids is 1. The average molecular weight is 246 g/mol. The number of ether oxygens (including phenoxy) is 1. The summed E-state index contributed by atoms with van der Waals surface area (Å²) in [5.74, 6) is -0.447. The number of hydrogen-bond acceptors (Lipinski definition) is 4. The Morgan fingerprint density at radius 1 is 1.59 bits per heavy atom. The van der Waals surface area contributed by atoms with Crippen molar-refractivity contribution >= 4 is 11.8 Å². The van der Waals surface area contributed by atoms with Gasteiger partial charge in [0.1, 0.15) is 11.6 Å². The van der Waals surface area contributed by atoms with Crippen LogP contribution in [0.25, 0.3) is 0 Å². The van der Waals surface area contributed by atoms with Crippen molar-refractivity contribution in [2.45, 2.75) is 13.0 Å². The molecule has 0 aliphatic heterocycles. The molecule has 0 atom stereocenters. The molecule has 0 saturated heterocycles. The first kappa shape index (κ1) is 13.1. The Hall–Kier alpha value is -1.92. The molecule has 5 nitrogen and oxygen atoms in total. The summed E-state index contributed by atoms with van der Waals surface area (Å²) >= 11 is 0. The summed E-state index contributed by atoms with van der Waals surface area (Å²) in [6, 6.07) is 2.84. The average Bonchev–Trinajstić information content (AvgIpc) is 2.26. The predicted molar refractivity (Wildman–Crippen MR) is 56.4 cm³/mol. The van der Waals surface area contributed by atoms with Crippen LogP contribution in [0.5, 0.6) is 5.75 Å². The van der Waals surface area contributed by atoms with E-state index in [9.17, 15) is 13.6 Å². The van der Waals surface area contributed by atoms with Crippen LogP contribution >= 0.6 is 0 Å². The second-order valence-corrected chi connectivity index (χ2v) is 3.30. The Balaban J connectivity index is 2.57. The van der Waals surface area contributed by atoms with Gasteiger partial charge in [0.2, 0.25) is 0 Å². The van der Waals surface area contributed by atoms with Crippen molar-refractivity contribution in [2.24, 2.45) is 0 Å². The van der Waals surface area contributed by atoms with Gasteiger partial charge in [-0.05, 0) is 12.1 Å². The first-order valence-electron chi connectivity index (χ1n) is 4.83. The Morgan fingerprint density at radius 3 is 2.76 bits per heavy atom. The fourth-order valence-electron chi connectivity index (χ4n) is 1.15. The first-order chi connectivity index (χ1) is 7.99. The van der Waals surface area contributed by atoms with Gasteiger partial charge in [0.25, 0.3) is 0 Å². The van der Waals surface area contributed by atoms with Crippen molar-refractivity contribution in [3.05, 3.63) is 18.3 Å². The summed E-state index contributed by atoms with van der Waals surface area (Å²) in [7, 11) is 1.67. The number of rotatable bonds is 6. The van der Waals surface area contributed by atoms with E-state index in [1.807, 2.05) is 0 Å². The molecule has 94 valence electrons. The molecular weight excluding hydrogens is 234 g/mol. The molecule has 0 spiro atoms. The summed E-state index contributed by atoms with van der Waals surface area (Å²) in [6.45, 7) is -2.59. The highest BCUT2D eigenvalue weighted by atomic mass is 19.3. The van der Waals surface area contributed by atoms with Crippen LogP contribution in [0.2, 0.25) is 0 Å². The number of aromatic nitrogens is 1. The summed E-state index contributed by atoms with van der Waals surface area (Å²) in [5, 5.41) is 8.50. The normalized spacial score (nSPS) is 10.4. The van der Waals surface area contributed by atoms with Gasteiger partial charge in [-0.3, -0.25) is 4.79 Å². The molecule has 1 rings (SSSR count). The molecule has 1 N–H and O–H groups in total. The summed E-state index contributed by atoms with van der Waals surface area (Å²) in [5.41, 5.74) is 0. The number of pyridine rings is 1. The number of carboxylic acids is 1. The Morgan fingerprint density at radius 2 is 2.29 bits per heavy atom. The highest BCUT2D eigenvalue weighted by Gasteiger charge is 2.07. The van der Waals surface area contributed by atoms with Crippen LogP contribution in [-0.4, -0.2) is 36.3 Å². The van der Waals surface area contributed by atoms with E-state index in [0.29, 0.717) is 5.82 Å². The maximum atomic E-state index is 11.9. The van der Waals surface area contributed by atoms with E-state index in [0.717, 1.165) is 0 Å². The van der Waals surface area contributed by atoms with Crippen LogP contribution in [0.15, 0.2) is 18.3 Å². The minimum atomic E-state index is -2.88. The van der Waals surface area contributed by atoms with Gasteiger partial charge in [-0.2, -0.15) is 8.78 Å². The van der Waals surface area contributed by atoms with Crippen molar-refractivity contribution in [1.29, 1.82) is 0 Å². The van der Waals surface area contributed by atoms with E-state index in [1.165, 1.54) is 18.3 Å². The van der Waals surface area contributed by atoms with Gasteiger partial charge in [-0.25, -0.2) is 4.98 Å². The molecule has 0 saturated carbocycles. The van der Waals surface area contributed by atoms with Crippen molar-refractivity contribution < 1.29 is 23.4 Å². The van der Waals surface area contributed by atoms with Gasteiger partial charge < -0.3 is 14.7 Å². The van der Waals surface area contributed by atoms with Crippen LogP contribution in [0.3, 0.4) is 0 Å². The van der Waals surface area contributed by atoms with Crippen LogP contribution in [0.1, 0.15) is 6.42 Å². The molecule has 17 heavy (non-hydrogen) atoms. The molecule has 0 amide bonds. The van der Waals surface area contributed by atoms with Crippen molar-refractivity contribution in [3.63, 3.8) is 0 Å². The fourth-order valence-corrected chi connectivity index (χ4v) is 1.15. The topological polar surface area (TPSA) is 62.7 Å². The second kappa shape index (κ2) is 5.97. The van der Waals surface area contributed by atoms with Gasteiger partial charge in [-0.15, -0.1) is 0 Å². The molecule has 1 heterocycles. The Bertz CT molecular complexity index is 370. The number of carbonyl (C=O) groups is 1. The standard InChI is InChI=1S/C10H12F2N2O3/c1-14(5-4-9(15)16)8-3-2-7(6-13-8)17-10(11)12/h2-3,6,10H,4-5H2,1H3,(H,15,16). The van der Waals surface area contributed by atoms with Crippen LogP contribution in [0, 0.1) is 0 Å². The van der Waals surface area contributed by atoms with E-state index >= 15 is 0 Å². The van der Waals surface area contributed by atoms with Gasteiger partial charge >= 0.3 is 12.6 Å². The molecule has 0 aliphatic carbocycles.